The molecule has 0 unspecified atom stereocenters. The lowest BCUT2D eigenvalue weighted by molar-refractivity contribution is 0.305. The van der Waals surface area contributed by atoms with Gasteiger partial charge in [-0.25, -0.2) is 8.42 Å². The third-order valence-electron chi connectivity index (χ3n) is 4.28. The molecule has 2 aromatic rings. The first-order valence-corrected chi connectivity index (χ1v) is 10.7. The van der Waals surface area contributed by atoms with Gasteiger partial charge in [-0.2, -0.15) is 0 Å². The SMILES string of the molecule is Cc1ccc(S(=O)(=O)N(CC#CCN(C)CCN(C)C)c2ccccc2)cc1. The number of anilines is 1. The van der Waals surface area contributed by atoms with Crippen LogP contribution < -0.4 is 4.31 Å². The predicted molar refractivity (Wildman–Crippen MR) is 116 cm³/mol. The molecule has 0 aliphatic heterocycles. The maximum absolute atomic E-state index is 13.2. The molecular formula is C22H29N3O2S. The standard InChI is InChI=1S/C22H29N3O2S/c1-20-12-14-22(15-13-20)28(26,27)25(21-10-6-5-7-11-21)17-9-8-16-24(4)19-18-23(2)3/h5-7,10-15H,16-19H2,1-4H3. The number of sulfonamides is 1. The number of hydrogen-bond donors (Lipinski definition) is 0. The second kappa shape index (κ2) is 10.3. The molecule has 0 heterocycles. The van der Waals surface area contributed by atoms with Crippen molar-refractivity contribution < 1.29 is 8.42 Å². The summed E-state index contributed by atoms with van der Waals surface area (Å²) in [5, 5.41) is 0. The van der Waals surface area contributed by atoms with Gasteiger partial charge in [-0.15, -0.1) is 0 Å². The van der Waals surface area contributed by atoms with E-state index < -0.39 is 10.0 Å². The largest absolute Gasteiger partial charge is 0.308 e. The molecule has 0 aliphatic carbocycles. The van der Waals surface area contributed by atoms with Crippen LogP contribution in [0.3, 0.4) is 0 Å². The van der Waals surface area contributed by atoms with Gasteiger partial charge in [-0.05, 0) is 52.3 Å². The van der Waals surface area contributed by atoms with Crippen molar-refractivity contribution >= 4 is 15.7 Å². The van der Waals surface area contributed by atoms with Crippen LogP contribution in [0.1, 0.15) is 5.56 Å². The van der Waals surface area contributed by atoms with Crippen LogP contribution in [0, 0.1) is 18.8 Å². The molecule has 0 N–H and O–H groups in total. The van der Waals surface area contributed by atoms with Crippen LogP contribution >= 0.6 is 0 Å². The molecule has 0 spiro atoms. The summed E-state index contributed by atoms with van der Waals surface area (Å²) in [6.07, 6.45) is 0. The normalized spacial score (nSPS) is 11.4. The summed E-state index contributed by atoms with van der Waals surface area (Å²) in [7, 11) is 2.40. The van der Waals surface area contributed by atoms with Gasteiger partial charge in [0.1, 0.15) is 0 Å². The first kappa shape index (κ1) is 22.0. The van der Waals surface area contributed by atoms with Gasteiger partial charge >= 0.3 is 0 Å². The monoisotopic (exact) mass is 399 g/mol. The van der Waals surface area contributed by atoms with E-state index in [1.54, 1.807) is 36.4 Å². The zero-order valence-electron chi connectivity index (χ0n) is 17.1. The number of benzene rings is 2. The Morgan fingerprint density at radius 3 is 2.04 bits per heavy atom. The molecule has 0 saturated carbocycles. The molecule has 2 rings (SSSR count). The van der Waals surface area contributed by atoms with Crippen molar-refractivity contribution in [2.45, 2.75) is 11.8 Å². The first-order chi connectivity index (χ1) is 13.3. The van der Waals surface area contributed by atoms with Crippen LogP contribution in [0.15, 0.2) is 59.5 Å². The molecule has 0 radical (unpaired) electrons. The molecular weight excluding hydrogens is 370 g/mol. The van der Waals surface area contributed by atoms with Gasteiger partial charge in [-0.3, -0.25) is 9.21 Å². The number of hydrogen-bond acceptors (Lipinski definition) is 4. The Morgan fingerprint density at radius 1 is 0.821 bits per heavy atom. The molecule has 0 fully saturated rings. The number of rotatable bonds is 8. The van der Waals surface area contributed by atoms with Crippen LogP contribution in [-0.4, -0.2) is 65.5 Å². The van der Waals surface area contributed by atoms with E-state index in [1.165, 1.54) is 4.31 Å². The van der Waals surface area contributed by atoms with Crippen molar-refractivity contribution in [2.24, 2.45) is 0 Å². The summed E-state index contributed by atoms with van der Waals surface area (Å²) < 4.78 is 27.7. The molecule has 0 bridgehead atoms. The van der Waals surface area contributed by atoms with Crippen LogP contribution in [0.4, 0.5) is 5.69 Å². The third-order valence-corrected chi connectivity index (χ3v) is 6.07. The van der Waals surface area contributed by atoms with E-state index in [1.807, 2.05) is 46.3 Å². The number of likely N-dealkylation sites (N-methyl/N-ethyl adjacent to an activating group) is 2. The van der Waals surface area contributed by atoms with Crippen LogP contribution in [0.5, 0.6) is 0 Å². The van der Waals surface area contributed by atoms with Crippen molar-refractivity contribution in [3.8, 4) is 11.8 Å². The Kier molecular flexibility index (Phi) is 8.06. The van der Waals surface area contributed by atoms with E-state index in [9.17, 15) is 8.42 Å². The maximum atomic E-state index is 13.2. The van der Waals surface area contributed by atoms with Crippen LogP contribution in [0.2, 0.25) is 0 Å². The van der Waals surface area contributed by atoms with E-state index >= 15 is 0 Å². The lowest BCUT2D eigenvalue weighted by atomic mass is 10.2. The van der Waals surface area contributed by atoms with E-state index in [2.05, 4.69) is 21.6 Å². The lowest BCUT2D eigenvalue weighted by Crippen LogP contribution is -2.32. The minimum Gasteiger partial charge on any atom is -0.308 e. The molecule has 0 aromatic heterocycles. The highest BCUT2D eigenvalue weighted by molar-refractivity contribution is 7.92. The van der Waals surface area contributed by atoms with Gasteiger partial charge in [0.15, 0.2) is 0 Å². The highest BCUT2D eigenvalue weighted by Gasteiger charge is 2.24. The zero-order chi connectivity index (χ0) is 20.6. The van der Waals surface area contributed by atoms with Crippen molar-refractivity contribution in [3.63, 3.8) is 0 Å². The minimum absolute atomic E-state index is 0.113. The number of nitrogens with zero attached hydrogens (tertiary/aromatic N) is 3. The summed E-state index contributed by atoms with van der Waals surface area (Å²) in [4.78, 5) is 4.51. The van der Waals surface area contributed by atoms with Crippen molar-refractivity contribution in [3.05, 3.63) is 60.2 Å². The molecule has 0 saturated heterocycles. The van der Waals surface area contributed by atoms with E-state index in [0.717, 1.165) is 18.7 Å². The molecule has 150 valence electrons. The molecule has 0 aliphatic rings. The zero-order valence-corrected chi connectivity index (χ0v) is 17.9. The van der Waals surface area contributed by atoms with Crippen molar-refractivity contribution in [1.29, 1.82) is 0 Å². The lowest BCUT2D eigenvalue weighted by Gasteiger charge is -2.22. The van der Waals surface area contributed by atoms with Crippen molar-refractivity contribution in [2.75, 3.05) is 51.6 Å². The highest BCUT2D eigenvalue weighted by Crippen LogP contribution is 2.23. The summed E-state index contributed by atoms with van der Waals surface area (Å²) in [6.45, 7) is 4.51. The van der Waals surface area contributed by atoms with Gasteiger partial charge in [-0.1, -0.05) is 47.7 Å². The molecule has 0 amide bonds. The smallest absolute Gasteiger partial charge is 0.265 e. The van der Waals surface area contributed by atoms with E-state index in [-0.39, 0.29) is 11.4 Å². The average molecular weight is 400 g/mol. The quantitative estimate of drug-likeness (QED) is 0.640. The highest BCUT2D eigenvalue weighted by atomic mass is 32.2. The Bertz CT molecular complexity index is 898. The minimum atomic E-state index is -3.68. The third kappa shape index (κ3) is 6.38. The summed E-state index contributed by atoms with van der Waals surface area (Å²) in [5.41, 5.74) is 1.63. The summed E-state index contributed by atoms with van der Waals surface area (Å²) >= 11 is 0. The van der Waals surface area contributed by atoms with E-state index in [4.69, 9.17) is 0 Å². The Morgan fingerprint density at radius 2 is 1.43 bits per heavy atom. The molecule has 0 atom stereocenters. The van der Waals surface area contributed by atoms with Gasteiger partial charge in [0.05, 0.1) is 23.7 Å². The number of para-hydroxylation sites is 1. The fourth-order valence-corrected chi connectivity index (χ4v) is 3.88. The topological polar surface area (TPSA) is 43.9 Å². The second-order valence-corrected chi connectivity index (χ2v) is 8.92. The van der Waals surface area contributed by atoms with Crippen LogP contribution in [0.25, 0.3) is 0 Å². The van der Waals surface area contributed by atoms with Gasteiger partial charge < -0.3 is 4.90 Å². The fraction of sp³-hybridized carbons (Fsp3) is 0.364. The summed E-state index contributed by atoms with van der Waals surface area (Å²) in [6, 6.07) is 16.0. The average Bonchev–Trinajstić information content (AvgIpc) is 2.67. The Balaban J connectivity index is 2.18. The molecule has 2 aromatic carbocycles. The van der Waals surface area contributed by atoms with Crippen molar-refractivity contribution in [1.82, 2.24) is 9.80 Å². The first-order valence-electron chi connectivity index (χ1n) is 9.24. The van der Waals surface area contributed by atoms with Crippen LogP contribution in [-0.2, 0) is 10.0 Å². The number of aryl methyl sites for hydroxylation is 1. The molecule has 28 heavy (non-hydrogen) atoms. The summed E-state index contributed by atoms with van der Waals surface area (Å²) in [5.74, 6) is 6.12. The van der Waals surface area contributed by atoms with E-state index in [0.29, 0.717) is 12.2 Å². The van der Waals surface area contributed by atoms with Gasteiger partial charge in [0, 0.05) is 13.1 Å². The Hall–Kier alpha value is -2.33. The second-order valence-electron chi connectivity index (χ2n) is 7.05. The maximum Gasteiger partial charge on any atom is 0.265 e. The van der Waals surface area contributed by atoms with Gasteiger partial charge in [0.2, 0.25) is 0 Å². The molecule has 5 nitrogen and oxygen atoms in total. The Labute approximate surface area is 169 Å². The predicted octanol–water partition coefficient (Wildman–Crippen LogP) is 2.69. The van der Waals surface area contributed by atoms with Gasteiger partial charge in [0.25, 0.3) is 10.0 Å². The fourth-order valence-electron chi connectivity index (χ4n) is 2.52. The molecule has 6 heteroatoms.